The summed E-state index contributed by atoms with van der Waals surface area (Å²) in [6.07, 6.45) is 0. The summed E-state index contributed by atoms with van der Waals surface area (Å²) >= 11 is 0. The molecule has 0 aromatic heterocycles. The van der Waals surface area contributed by atoms with Crippen molar-refractivity contribution in [2.75, 3.05) is 45.1 Å². The van der Waals surface area contributed by atoms with E-state index in [9.17, 15) is 21.6 Å². The second-order valence-corrected chi connectivity index (χ2v) is 11.1. The van der Waals surface area contributed by atoms with Crippen molar-refractivity contribution in [1.29, 1.82) is 0 Å². The van der Waals surface area contributed by atoms with Crippen molar-refractivity contribution in [1.82, 2.24) is 13.5 Å². The quantitative estimate of drug-likeness (QED) is 0.556. The summed E-state index contributed by atoms with van der Waals surface area (Å²) in [5, 5.41) is 7.85. The van der Waals surface area contributed by atoms with E-state index in [1.54, 1.807) is 12.1 Å². The van der Waals surface area contributed by atoms with E-state index in [0.29, 0.717) is 18.8 Å². The minimum atomic E-state index is -3.71. The van der Waals surface area contributed by atoms with Crippen LogP contribution in [0.1, 0.15) is 5.56 Å². The van der Waals surface area contributed by atoms with Gasteiger partial charge in [0.05, 0.1) is 11.4 Å². The van der Waals surface area contributed by atoms with E-state index in [4.69, 9.17) is 5.14 Å². The maximum atomic E-state index is 12.8. The number of rotatable bonds is 8. The van der Waals surface area contributed by atoms with E-state index in [0.717, 1.165) is 5.56 Å². The molecule has 1 saturated heterocycles. The molecule has 32 heavy (non-hydrogen) atoms. The molecule has 0 unspecified atom stereocenters. The first-order valence-electron chi connectivity index (χ1n) is 9.96. The molecule has 0 radical (unpaired) electrons. The van der Waals surface area contributed by atoms with E-state index >= 15 is 0 Å². The van der Waals surface area contributed by atoms with Crippen molar-refractivity contribution < 1.29 is 21.6 Å². The molecule has 0 bridgehead atoms. The molecule has 1 fully saturated rings. The van der Waals surface area contributed by atoms with Crippen LogP contribution >= 0.6 is 0 Å². The molecule has 12 heteroatoms. The molecular weight excluding hydrogens is 454 g/mol. The number of nitrogens with two attached hydrogens (primary N) is 1. The fourth-order valence-corrected chi connectivity index (χ4v) is 5.19. The highest BCUT2D eigenvalue weighted by Crippen LogP contribution is 2.19. The molecule has 1 aliphatic rings. The number of carbonyl (C=O) groups excluding carboxylic acids is 1. The van der Waals surface area contributed by atoms with E-state index in [-0.39, 0.29) is 37.0 Å². The minimum absolute atomic E-state index is 0.0956. The van der Waals surface area contributed by atoms with Gasteiger partial charge in [-0.1, -0.05) is 30.3 Å². The second kappa shape index (κ2) is 10.1. The molecule has 3 N–H and O–H groups in total. The molecular formula is C20H27N5O5S2. The Balaban J connectivity index is 1.54. The van der Waals surface area contributed by atoms with Crippen molar-refractivity contribution in [2.45, 2.75) is 11.4 Å². The first-order valence-corrected chi connectivity index (χ1v) is 12.9. The normalized spacial score (nSPS) is 16.2. The lowest BCUT2D eigenvalue weighted by Crippen LogP contribution is -2.52. The average molecular weight is 482 g/mol. The SMILES string of the molecule is CN(Cc1ccccc1)S(=O)(=O)c1ccc(NC(=O)CN2CCN(S(N)(=O)=O)CC2)cc1. The second-order valence-electron chi connectivity index (χ2n) is 7.54. The maximum Gasteiger partial charge on any atom is 0.276 e. The summed E-state index contributed by atoms with van der Waals surface area (Å²) in [5.74, 6) is -0.272. The van der Waals surface area contributed by atoms with Crippen LogP contribution in [0.3, 0.4) is 0 Å². The standard InChI is InChI=1S/C20H27N5O5S2/c1-23(15-17-5-3-2-4-6-17)31(27,28)19-9-7-18(8-10-19)22-20(26)16-24-11-13-25(14-12-24)32(21,29)30/h2-10H,11-16H2,1H3,(H,22,26)(H2,21,29,30). The lowest BCUT2D eigenvalue weighted by Gasteiger charge is -2.32. The van der Waals surface area contributed by atoms with Gasteiger partial charge in [0.2, 0.25) is 15.9 Å². The Labute approximate surface area is 188 Å². The highest BCUT2D eigenvalue weighted by Gasteiger charge is 2.25. The maximum absolute atomic E-state index is 12.8. The molecule has 0 saturated carbocycles. The van der Waals surface area contributed by atoms with Crippen LogP contribution in [0.4, 0.5) is 5.69 Å². The Morgan fingerprint density at radius 2 is 1.56 bits per heavy atom. The molecule has 1 aliphatic heterocycles. The lowest BCUT2D eigenvalue weighted by molar-refractivity contribution is -0.117. The summed E-state index contributed by atoms with van der Waals surface area (Å²) in [4.78, 5) is 14.3. The Kier molecular flexibility index (Phi) is 7.64. The fourth-order valence-electron chi connectivity index (χ4n) is 3.36. The number of anilines is 1. The number of carbonyl (C=O) groups is 1. The zero-order valence-corrected chi connectivity index (χ0v) is 19.3. The molecule has 2 aromatic rings. The zero-order chi connectivity index (χ0) is 23.4. The van der Waals surface area contributed by atoms with E-state index in [1.165, 1.54) is 27.8 Å². The lowest BCUT2D eigenvalue weighted by atomic mass is 10.2. The third kappa shape index (κ3) is 6.34. The first-order chi connectivity index (χ1) is 15.1. The van der Waals surface area contributed by atoms with Gasteiger partial charge in [0.15, 0.2) is 0 Å². The van der Waals surface area contributed by atoms with Crippen LogP contribution in [0, 0.1) is 0 Å². The van der Waals surface area contributed by atoms with Gasteiger partial charge in [0.1, 0.15) is 0 Å². The number of benzene rings is 2. The monoisotopic (exact) mass is 481 g/mol. The predicted molar refractivity (Wildman–Crippen MR) is 121 cm³/mol. The molecule has 174 valence electrons. The number of hydrogen-bond donors (Lipinski definition) is 2. The summed E-state index contributed by atoms with van der Waals surface area (Å²) in [5.41, 5.74) is 1.36. The van der Waals surface area contributed by atoms with Gasteiger partial charge in [-0.25, -0.2) is 13.6 Å². The van der Waals surface area contributed by atoms with Crippen molar-refractivity contribution >= 4 is 31.8 Å². The molecule has 0 aliphatic carbocycles. The van der Waals surface area contributed by atoms with E-state index in [2.05, 4.69) is 5.32 Å². The Morgan fingerprint density at radius 3 is 2.12 bits per heavy atom. The van der Waals surface area contributed by atoms with Gasteiger partial charge in [-0.3, -0.25) is 9.69 Å². The van der Waals surface area contributed by atoms with Gasteiger partial charge in [-0.05, 0) is 29.8 Å². The Bertz CT molecular complexity index is 1130. The third-order valence-corrected chi connectivity index (χ3v) is 8.06. The number of nitrogens with zero attached hydrogens (tertiary/aromatic N) is 3. The fraction of sp³-hybridized carbons (Fsp3) is 0.350. The van der Waals surface area contributed by atoms with Crippen LogP contribution in [0.15, 0.2) is 59.5 Å². The van der Waals surface area contributed by atoms with Gasteiger partial charge in [0, 0.05) is 45.5 Å². The number of amides is 1. The van der Waals surface area contributed by atoms with Gasteiger partial charge in [-0.2, -0.15) is 17.0 Å². The van der Waals surface area contributed by atoms with E-state index in [1.807, 2.05) is 35.2 Å². The zero-order valence-electron chi connectivity index (χ0n) is 17.7. The van der Waals surface area contributed by atoms with Crippen molar-refractivity contribution in [2.24, 2.45) is 5.14 Å². The molecule has 1 heterocycles. The molecule has 2 aromatic carbocycles. The van der Waals surface area contributed by atoms with Crippen molar-refractivity contribution in [3.63, 3.8) is 0 Å². The minimum Gasteiger partial charge on any atom is -0.325 e. The van der Waals surface area contributed by atoms with Gasteiger partial charge >= 0.3 is 0 Å². The van der Waals surface area contributed by atoms with Crippen LogP contribution in [0.25, 0.3) is 0 Å². The van der Waals surface area contributed by atoms with Crippen LogP contribution in [-0.4, -0.2) is 76.0 Å². The molecule has 10 nitrogen and oxygen atoms in total. The van der Waals surface area contributed by atoms with Crippen LogP contribution < -0.4 is 10.5 Å². The number of hydrogen-bond acceptors (Lipinski definition) is 6. The number of sulfonamides is 1. The van der Waals surface area contributed by atoms with Gasteiger partial charge in [-0.15, -0.1) is 0 Å². The number of nitrogens with one attached hydrogen (secondary N) is 1. The molecule has 3 rings (SSSR count). The summed E-state index contributed by atoms with van der Waals surface area (Å²) < 4.78 is 50.8. The topological polar surface area (TPSA) is 133 Å². The predicted octanol–water partition coefficient (Wildman–Crippen LogP) is 0.267. The molecule has 0 atom stereocenters. The highest BCUT2D eigenvalue weighted by atomic mass is 32.2. The summed E-state index contributed by atoms with van der Waals surface area (Å²) in [7, 11) is -5.87. The van der Waals surface area contributed by atoms with Gasteiger partial charge in [0.25, 0.3) is 10.2 Å². The Hall–Kier alpha value is -2.35. The Morgan fingerprint density at radius 1 is 0.969 bits per heavy atom. The summed E-state index contributed by atoms with van der Waals surface area (Å²) in [6.45, 7) is 1.60. The van der Waals surface area contributed by atoms with Crippen LogP contribution in [-0.2, 0) is 31.6 Å². The van der Waals surface area contributed by atoms with Gasteiger partial charge < -0.3 is 5.32 Å². The largest absolute Gasteiger partial charge is 0.325 e. The van der Waals surface area contributed by atoms with Crippen molar-refractivity contribution in [3.8, 4) is 0 Å². The first kappa shape index (κ1) is 24.3. The van der Waals surface area contributed by atoms with E-state index < -0.39 is 20.2 Å². The molecule has 0 spiro atoms. The highest BCUT2D eigenvalue weighted by molar-refractivity contribution is 7.89. The smallest absolute Gasteiger partial charge is 0.276 e. The van der Waals surface area contributed by atoms with Crippen LogP contribution in [0.2, 0.25) is 0 Å². The summed E-state index contributed by atoms with van der Waals surface area (Å²) in [6, 6.07) is 15.3. The average Bonchev–Trinajstić information content (AvgIpc) is 2.74. The van der Waals surface area contributed by atoms with Crippen molar-refractivity contribution in [3.05, 3.63) is 60.2 Å². The number of piperazine rings is 1. The molecule has 1 amide bonds. The van der Waals surface area contributed by atoms with Crippen LogP contribution in [0.5, 0.6) is 0 Å². The third-order valence-electron chi connectivity index (χ3n) is 5.15.